The SMILES string of the molecule is COc1cccc(-n2cc(C(=O)N[C@H](C)c3cc(N)cc(C(F)(F)F)c3)ccc2=O)c1F. The lowest BCUT2D eigenvalue weighted by Gasteiger charge is -2.18. The van der Waals surface area contributed by atoms with E-state index in [1.165, 1.54) is 44.4 Å². The topological polar surface area (TPSA) is 86.3 Å². The van der Waals surface area contributed by atoms with Gasteiger partial charge in [-0.2, -0.15) is 13.2 Å². The number of carbonyl (C=O) groups excluding carboxylic acids is 1. The van der Waals surface area contributed by atoms with Crippen LogP contribution in [0.15, 0.2) is 59.5 Å². The van der Waals surface area contributed by atoms with E-state index in [1.807, 2.05) is 0 Å². The second kappa shape index (κ2) is 8.74. The number of benzene rings is 2. The third kappa shape index (κ3) is 4.74. The highest BCUT2D eigenvalue weighted by Crippen LogP contribution is 2.32. The Morgan fingerprint density at radius 2 is 1.88 bits per heavy atom. The van der Waals surface area contributed by atoms with Crippen LogP contribution in [0.25, 0.3) is 5.69 Å². The first-order valence-electron chi connectivity index (χ1n) is 9.35. The number of nitrogens with zero attached hydrogens (tertiary/aromatic N) is 1. The van der Waals surface area contributed by atoms with E-state index in [1.54, 1.807) is 0 Å². The number of carbonyl (C=O) groups is 1. The van der Waals surface area contributed by atoms with Gasteiger partial charge in [0.05, 0.1) is 30.0 Å². The molecule has 6 nitrogen and oxygen atoms in total. The molecule has 1 aromatic heterocycles. The Kier molecular flexibility index (Phi) is 6.24. The maximum absolute atomic E-state index is 14.6. The molecule has 0 saturated heterocycles. The monoisotopic (exact) mass is 449 g/mol. The van der Waals surface area contributed by atoms with Gasteiger partial charge in [-0.3, -0.25) is 14.2 Å². The molecular weight excluding hydrogens is 430 g/mol. The van der Waals surface area contributed by atoms with Crippen molar-refractivity contribution in [3.05, 3.63) is 87.6 Å². The number of nitrogen functional groups attached to an aromatic ring is 1. The number of nitrogens with two attached hydrogens (primary N) is 1. The number of anilines is 1. The molecule has 0 saturated carbocycles. The first kappa shape index (κ1) is 22.9. The Morgan fingerprint density at radius 1 is 1.16 bits per heavy atom. The van der Waals surface area contributed by atoms with Gasteiger partial charge < -0.3 is 15.8 Å². The minimum atomic E-state index is -4.59. The summed E-state index contributed by atoms with van der Waals surface area (Å²) < 4.78 is 59.6. The van der Waals surface area contributed by atoms with Crippen LogP contribution in [0.5, 0.6) is 5.75 Å². The zero-order chi connectivity index (χ0) is 23.6. The van der Waals surface area contributed by atoms with Gasteiger partial charge in [0.15, 0.2) is 11.6 Å². The van der Waals surface area contributed by atoms with Crippen molar-refractivity contribution in [3.8, 4) is 11.4 Å². The first-order valence-corrected chi connectivity index (χ1v) is 9.35. The maximum atomic E-state index is 14.6. The van der Waals surface area contributed by atoms with Crippen LogP contribution < -0.4 is 21.3 Å². The van der Waals surface area contributed by atoms with E-state index >= 15 is 0 Å². The van der Waals surface area contributed by atoms with Gasteiger partial charge >= 0.3 is 6.18 Å². The molecule has 0 radical (unpaired) electrons. The summed E-state index contributed by atoms with van der Waals surface area (Å²) in [6.07, 6.45) is -3.45. The molecule has 0 aliphatic carbocycles. The molecule has 3 rings (SSSR count). The highest BCUT2D eigenvalue weighted by atomic mass is 19.4. The second-order valence-electron chi connectivity index (χ2n) is 7.00. The predicted molar refractivity (Wildman–Crippen MR) is 110 cm³/mol. The van der Waals surface area contributed by atoms with E-state index in [0.717, 1.165) is 29.0 Å². The summed E-state index contributed by atoms with van der Waals surface area (Å²) in [4.78, 5) is 25.0. The van der Waals surface area contributed by atoms with Crippen LogP contribution in [-0.2, 0) is 6.18 Å². The van der Waals surface area contributed by atoms with Crippen LogP contribution in [0.4, 0.5) is 23.2 Å². The average Bonchev–Trinajstić information content (AvgIpc) is 2.73. The van der Waals surface area contributed by atoms with Crippen LogP contribution in [0.1, 0.15) is 34.5 Å². The van der Waals surface area contributed by atoms with Crippen LogP contribution >= 0.6 is 0 Å². The highest BCUT2D eigenvalue weighted by Gasteiger charge is 2.31. The van der Waals surface area contributed by atoms with Crippen molar-refractivity contribution in [2.24, 2.45) is 0 Å². The molecule has 0 unspecified atom stereocenters. The molecule has 3 aromatic rings. The van der Waals surface area contributed by atoms with Gasteiger partial charge in [0.2, 0.25) is 0 Å². The fourth-order valence-corrected chi connectivity index (χ4v) is 3.11. The summed E-state index contributed by atoms with van der Waals surface area (Å²) in [6, 6.07) is 8.72. The summed E-state index contributed by atoms with van der Waals surface area (Å²) in [6.45, 7) is 1.49. The third-order valence-corrected chi connectivity index (χ3v) is 4.75. The van der Waals surface area contributed by atoms with E-state index in [0.29, 0.717) is 0 Å². The van der Waals surface area contributed by atoms with Crippen molar-refractivity contribution in [1.29, 1.82) is 0 Å². The van der Waals surface area contributed by atoms with Gasteiger partial charge in [-0.25, -0.2) is 4.39 Å². The number of pyridine rings is 1. The highest BCUT2D eigenvalue weighted by molar-refractivity contribution is 5.94. The first-order chi connectivity index (χ1) is 15.0. The van der Waals surface area contributed by atoms with E-state index in [2.05, 4.69) is 5.32 Å². The molecule has 3 N–H and O–H groups in total. The standard InChI is InChI=1S/C22H19F4N3O3/c1-12(14-8-15(22(24,25)26)10-16(27)9-14)28-21(31)13-6-7-19(30)29(11-13)17-4-3-5-18(32-2)20(17)23/h3-12H,27H2,1-2H3,(H,28,31)/t12-/m1/s1. The molecule has 1 atom stereocenters. The minimum Gasteiger partial charge on any atom is -0.494 e. The molecule has 168 valence electrons. The van der Waals surface area contributed by atoms with Crippen LogP contribution in [-0.4, -0.2) is 17.6 Å². The molecule has 2 aromatic carbocycles. The molecule has 0 bridgehead atoms. The number of amides is 1. The van der Waals surface area contributed by atoms with Crippen LogP contribution in [0, 0.1) is 5.82 Å². The predicted octanol–water partition coefficient (Wildman–Crippen LogP) is 4.08. The number of hydrogen-bond acceptors (Lipinski definition) is 4. The maximum Gasteiger partial charge on any atom is 0.416 e. The van der Waals surface area contributed by atoms with Crippen molar-refractivity contribution in [2.75, 3.05) is 12.8 Å². The van der Waals surface area contributed by atoms with Crippen molar-refractivity contribution in [2.45, 2.75) is 19.1 Å². The second-order valence-corrected chi connectivity index (χ2v) is 7.00. The minimum absolute atomic E-state index is 0.00128. The molecule has 1 amide bonds. The third-order valence-electron chi connectivity index (χ3n) is 4.75. The van der Waals surface area contributed by atoms with E-state index in [9.17, 15) is 27.2 Å². The molecule has 1 heterocycles. The smallest absolute Gasteiger partial charge is 0.416 e. The molecule has 32 heavy (non-hydrogen) atoms. The fourth-order valence-electron chi connectivity index (χ4n) is 3.11. The van der Waals surface area contributed by atoms with Crippen molar-refractivity contribution in [3.63, 3.8) is 0 Å². The Bertz CT molecular complexity index is 1220. The summed E-state index contributed by atoms with van der Waals surface area (Å²) in [7, 11) is 1.27. The number of nitrogens with one attached hydrogen (secondary N) is 1. The summed E-state index contributed by atoms with van der Waals surface area (Å²) in [5, 5.41) is 2.56. The summed E-state index contributed by atoms with van der Waals surface area (Å²) >= 11 is 0. The zero-order valence-electron chi connectivity index (χ0n) is 17.0. The zero-order valence-corrected chi connectivity index (χ0v) is 17.0. The lowest BCUT2D eigenvalue weighted by molar-refractivity contribution is -0.137. The number of ether oxygens (including phenoxy) is 1. The number of aromatic nitrogens is 1. The molecule has 0 aliphatic heterocycles. The van der Waals surface area contributed by atoms with Crippen molar-refractivity contribution in [1.82, 2.24) is 9.88 Å². The van der Waals surface area contributed by atoms with Gasteiger partial charge in [-0.15, -0.1) is 0 Å². The van der Waals surface area contributed by atoms with Crippen molar-refractivity contribution >= 4 is 11.6 Å². The quantitative estimate of drug-likeness (QED) is 0.454. The molecular formula is C22H19F4N3O3. The molecule has 0 fully saturated rings. The lowest BCUT2D eigenvalue weighted by atomic mass is 10.0. The normalized spacial score (nSPS) is 12.3. The Morgan fingerprint density at radius 3 is 2.53 bits per heavy atom. The Labute approximate surface area is 180 Å². The molecule has 0 aliphatic rings. The van der Waals surface area contributed by atoms with E-state index < -0.39 is 35.1 Å². The Hall–Kier alpha value is -3.82. The summed E-state index contributed by atoms with van der Waals surface area (Å²) in [5.41, 5.74) is 3.98. The number of hydrogen-bond donors (Lipinski definition) is 2. The van der Waals surface area contributed by atoms with Crippen LogP contribution in [0.2, 0.25) is 0 Å². The van der Waals surface area contributed by atoms with Gasteiger partial charge in [0.25, 0.3) is 11.5 Å². The number of alkyl halides is 3. The van der Waals surface area contributed by atoms with E-state index in [-0.39, 0.29) is 28.3 Å². The van der Waals surface area contributed by atoms with Gasteiger partial charge in [-0.05, 0) is 48.9 Å². The van der Waals surface area contributed by atoms with Crippen molar-refractivity contribution < 1.29 is 27.1 Å². The largest absolute Gasteiger partial charge is 0.494 e. The average molecular weight is 449 g/mol. The Balaban J connectivity index is 1.91. The van der Waals surface area contributed by atoms with Gasteiger partial charge in [-0.1, -0.05) is 6.07 Å². The lowest BCUT2D eigenvalue weighted by Crippen LogP contribution is -2.29. The summed E-state index contributed by atoms with van der Waals surface area (Å²) in [5.74, 6) is -1.55. The van der Waals surface area contributed by atoms with Crippen LogP contribution in [0.3, 0.4) is 0 Å². The number of rotatable bonds is 5. The fraction of sp³-hybridized carbons (Fsp3) is 0.182. The van der Waals surface area contributed by atoms with Gasteiger partial charge in [0.1, 0.15) is 0 Å². The number of halogens is 4. The molecule has 0 spiro atoms. The van der Waals surface area contributed by atoms with Gasteiger partial charge in [0, 0.05) is 18.0 Å². The molecule has 10 heteroatoms. The number of methoxy groups -OCH3 is 1. The van der Waals surface area contributed by atoms with E-state index in [4.69, 9.17) is 10.5 Å².